The van der Waals surface area contributed by atoms with Crippen LogP contribution in [0.25, 0.3) is 11.0 Å². The van der Waals surface area contributed by atoms with Crippen LogP contribution < -0.4 is 9.64 Å². The number of nitrogens with one attached hydrogen (secondary N) is 1. The van der Waals surface area contributed by atoms with Crippen molar-refractivity contribution in [1.29, 1.82) is 0 Å². The summed E-state index contributed by atoms with van der Waals surface area (Å²) in [6, 6.07) is 5.09. The van der Waals surface area contributed by atoms with Crippen LogP contribution >= 0.6 is 0 Å². The van der Waals surface area contributed by atoms with E-state index in [1.165, 1.54) is 11.1 Å². The van der Waals surface area contributed by atoms with Crippen LogP contribution in [-0.4, -0.2) is 68.3 Å². The van der Waals surface area contributed by atoms with Crippen molar-refractivity contribution in [2.75, 3.05) is 18.0 Å². The fourth-order valence-corrected chi connectivity index (χ4v) is 4.81. The molecule has 3 atom stereocenters. The van der Waals surface area contributed by atoms with Crippen LogP contribution in [-0.2, 0) is 9.59 Å². The first-order valence-electron chi connectivity index (χ1n) is 11.3. The summed E-state index contributed by atoms with van der Waals surface area (Å²) in [4.78, 5) is 36.8. The normalized spacial score (nSPS) is 21.0. The number of likely N-dealkylation sites (tertiary alicyclic amines) is 1. The first-order valence-corrected chi connectivity index (χ1v) is 11.3. The molecule has 2 aliphatic rings. The minimum Gasteiger partial charge on any atom is -0.475 e. The number of alkyl halides is 3. The third-order valence-electron chi connectivity index (χ3n) is 6.42. The van der Waals surface area contributed by atoms with E-state index in [9.17, 15) is 22.8 Å². The van der Waals surface area contributed by atoms with Crippen molar-refractivity contribution in [2.45, 2.75) is 50.4 Å². The number of aromatic nitrogens is 4. The molecule has 5 rings (SSSR count). The zero-order valence-electron chi connectivity index (χ0n) is 18.8. The molecule has 3 aromatic heterocycles. The number of rotatable bonds is 6. The van der Waals surface area contributed by atoms with E-state index in [2.05, 4.69) is 20.2 Å². The summed E-state index contributed by atoms with van der Waals surface area (Å²) < 4.78 is 45.9. The van der Waals surface area contributed by atoms with Gasteiger partial charge in [-0.15, -0.1) is 0 Å². The van der Waals surface area contributed by atoms with Gasteiger partial charge in [-0.1, -0.05) is 6.07 Å². The standard InChI is InChI=1S/C23H23F3N6O3/c1-13(35-19-7-6-16-17(29-19)11-28-30-16)10-15-14-4-2-8-27-21(14)32(22(15)34)12-20(33)31-9-3-5-18(31)23(24,25)26/h2,4,6-8,11,13,15,18H,3,5,9-10,12H2,1H3,(H,28,30). The van der Waals surface area contributed by atoms with Crippen LogP contribution in [0.4, 0.5) is 19.0 Å². The topological polar surface area (TPSA) is 104 Å². The first kappa shape index (κ1) is 23.1. The van der Waals surface area contributed by atoms with Crippen LogP contribution in [0.1, 0.15) is 37.7 Å². The van der Waals surface area contributed by atoms with Gasteiger partial charge >= 0.3 is 6.18 Å². The maximum Gasteiger partial charge on any atom is 0.408 e. The van der Waals surface area contributed by atoms with Crippen LogP contribution in [0.3, 0.4) is 0 Å². The maximum absolute atomic E-state index is 13.3. The molecule has 0 radical (unpaired) electrons. The molecule has 1 saturated heterocycles. The van der Waals surface area contributed by atoms with Gasteiger partial charge in [-0.25, -0.2) is 9.97 Å². The molecule has 3 aromatic rings. The average molecular weight is 488 g/mol. The SMILES string of the molecule is CC(CC1C(=O)N(CC(=O)N2CCCC2C(F)(F)F)c2ncccc21)Oc1ccc2[nH]ncc2n1. The second-order valence-electron chi connectivity index (χ2n) is 8.80. The van der Waals surface area contributed by atoms with Crippen LogP contribution in [0.15, 0.2) is 36.7 Å². The molecule has 2 aliphatic heterocycles. The molecule has 0 saturated carbocycles. The Kier molecular flexibility index (Phi) is 5.81. The third kappa shape index (κ3) is 4.40. The van der Waals surface area contributed by atoms with Crippen molar-refractivity contribution in [1.82, 2.24) is 25.1 Å². The number of H-pyrrole nitrogens is 1. The number of fused-ring (bicyclic) bond motifs is 2. The number of ether oxygens (including phenoxy) is 1. The zero-order valence-corrected chi connectivity index (χ0v) is 18.8. The Labute approximate surface area is 198 Å². The molecular weight excluding hydrogens is 465 g/mol. The summed E-state index contributed by atoms with van der Waals surface area (Å²) in [6.07, 6.45) is -1.43. The van der Waals surface area contributed by atoms with E-state index < -0.39 is 36.7 Å². The molecule has 5 heterocycles. The minimum atomic E-state index is -4.50. The van der Waals surface area contributed by atoms with Crippen LogP contribution in [0, 0.1) is 0 Å². The Morgan fingerprint density at radius 1 is 1.31 bits per heavy atom. The molecule has 2 amide bonds. The monoisotopic (exact) mass is 488 g/mol. The Bertz CT molecular complexity index is 1260. The molecule has 0 aromatic carbocycles. The van der Waals surface area contributed by atoms with Crippen LogP contribution in [0.2, 0.25) is 0 Å². The van der Waals surface area contributed by atoms with Gasteiger partial charge in [-0.3, -0.25) is 19.6 Å². The summed E-state index contributed by atoms with van der Waals surface area (Å²) in [5, 5.41) is 6.73. The van der Waals surface area contributed by atoms with E-state index in [1.807, 2.05) is 0 Å². The predicted octanol–water partition coefficient (Wildman–Crippen LogP) is 3.19. The van der Waals surface area contributed by atoms with Crippen LogP contribution in [0.5, 0.6) is 5.88 Å². The Morgan fingerprint density at radius 3 is 2.94 bits per heavy atom. The lowest BCUT2D eigenvalue weighted by Gasteiger charge is -2.28. The lowest BCUT2D eigenvalue weighted by molar-refractivity contribution is -0.182. The molecule has 0 spiro atoms. The Balaban J connectivity index is 1.31. The summed E-state index contributed by atoms with van der Waals surface area (Å²) in [5.74, 6) is -1.09. The molecule has 184 valence electrons. The van der Waals surface area contributed by atoms with Gasteiger partial charge in [0.1, 0.15) is 23.9 Å². The molecule has 1 fully saturated rings. The molecule has 3 unspecified atom stereocenters. The quantitative estimate of drug-likeness (QED) is 0.572. The summed E-state index contributed by atoms with van der Waals surface area (Å²) in [7, 11) is 0. The molecular formula is C23H23F3N6O3. The number of hydrogen-bond donors (Lipinski definition) is 1. The van der Waals surface area contributed by atoms with E-state index in [1.54, 1.807) is 37.4 Å². The molecule has 9 nitrogen and oxygen atoms in total. The van der Waals surface area contributed by atoms with Crippen molar-refractivity contribution < 1.29 is 27.5 Å². The highest BCUT2D eigenvalue weighted by molar-refractivity contribution is 6.07. The number of hydrogen-bond acceptors (Lipinski definition) is 6. The maximum atomic E-state index is 13.3. The highest BCUT2D eigenvalue weighted by Gasteiger charge is 2.49. The molecule has 1 N–H and O–H groups in total. The van der Waals surface area contributed by atoms with Crippen molar-refractivity contribution in [3.63, 3.8) is 0 Å². The number of nitrogens with zero attached hydrogens (tertiary/aromatic N) is 5. The number of amides is 2. The Hall–Kier alpha value is -3.70. The van der Waals surface area contributed by atoms with Gasteiger partial charge in [0.2, 0.25) is 17.7 Å². The number of anilines is 1. The number of halogens is 3. The summed E-state index contributed by atoms with van der Waals surface area (Å²) in [6.45, 7) is 1.33. The molecule has 0 bridgehead atoms. The second-order valence-corrected chi connectivity index (χ2v) is 8.80. The molecule has 12 heteroatoms. The average Bonchev–Trinajstić information content (AvgIpc) is 3.54. The fraction of sp³-hybridized carbons (Fsp3) is 0.435. The fourth-order valence-electron chi connectivity index (χ4n) is 4.81. The van der Waals surface area contributed by atoms with Crippen molar-refractivity contribution in [3.8, 4) is 5.88 Å². The minimum absolute atomic E-state index is 0.0163. The lowest BCUT2D eigenvalue weighted by Crippen LogP contribution is -2.49. The van der Waals surface area contributed by atoms with Crippen molar-refractivity contribution in [3.05, 3.63) is 42.2 Å². The van der Waals surface area contributed by atoms with E-state index in [4.69, 9.17) is 4.74 Å². The molecule has 0 aliphatic carbocycles. The second kappa shape index (κ2) is 8.82. The van der Waals surface area contributed by atoms with Gasteiger partial charge in [-0.05, 0) is 38.3 Å². The third-order valence-corrected chi connectivity index (χ3v) is 6.42. The highest BCUT2D eigenvalue weighted by atomic mass is 19.4. The Morgan fingerprint density at radius 2 is 2.14 bits per heavy atom. The van der Waals surface area contributed by atoms with Crippen molar-refractivity contribution >= 4 is 28.7 Å². The molecule has 35 heavy (non-hydrogen) atoms. The van der Waals surface area contributed by atoms with Gasteiger partial charge in [0.05, 0.1) is 23.7 Å². The van der Waals surface area contributed by atoms with Gasteiger partial charge in [0.25, 0.3) is 0 Å². The van der Waals surface area contributed by atoms with E-state index >= 15 is 0 Å². The predicted molar refractivity (Wildman–Crippen MR) is 119 cm³/mol. The van der Waals surface area contributed by atoms with Crippen molar-refractivity contribution in [2.24, 2.45) is 0 Å². The highest BCUT2D eigenvalue weighted by Crippen LogP contribution is 2.39. The summed E-state index contributed by atoms with van der Waals surface area (Å²) >= 11 is 0. The number of pyridine rings is 2. The number of carbonyl (C=O) groups excluding carboxylic acids is 2. The first-order chi connectivity index (χ1) is 16.7. The van der Waals surface area contributed by atoms with E-state index in [0.717, 1.165) is 10.4 Å². The van der Waals surface area contributed by atoms with Gasteiger partial charge in [-0.2, -0.15) is 18.3 Å². The van der Waals surface area contributed by atoms with Gasteiger partial charge in [0, 0.05) is 24.4 Å². The smallest absolute Gasteiger partial charge is 0.408 e. The van der Waals surface area contributed by atoms with Gasteiger partial charge in [0.15, 0.2) is 0 Å². The van der Waals surface area contributed by atoms with E-state index in [0.29, 0.717) is 22.8 Å². The number of aromatic amines is 1. The largest absolute Gasteiger partial charge is 0.475 e. The summed E-state index contributed by atoms with van der Waals surface area (Å²) in [5.41, 5.74) is 2.03. The lowest BCUT2D eigenvalue weighted by atomic mass is 9.96. The van der Waals surface area contributed by atoms with E-state index in [-0.39, 0.29) is 31.7 Å². The zero-order chi connectivity index (χ0) is 24.7. The number of carbonyl (C=O) groups is 2. The van der Waals surface area contributed by atoms with Gasteiger partial charge < -0.3 is 9.64 Å².